The predicted molar refractivity (Wildman–Crippen MR) is 88.7 cm³/mol. The molecule has 112 valence electrons. The molecule has 1 aromatic rings. The van der Waals surface area contributed by atoms with Crippen molar-refractivity contribution in [3.05, 3.63) is 21.3 Å². The van der Waals surface area contributed by atoms with E-state index in [-0.39, 0.29) is 10.7 Å². The third-order valence-electron chi connectivity index (χ3n) is 3.51. The van der Waals surface area contributed by atoms with E-state index in [0.29, 0.717) is 5.92 Å². The van der Waals surface area contributed by atoms with Crippen LogP contribution in [0.1, 0.15) is 18.7 Å². The molecule has 1 amide bonds. The predicted octanol–water partition coefficient (Wildman–Crippen LogP) is 3.47. The van der Waals surface area contributed by atoms with Crippen molar-refractivity contribution in [1.29, 1.82) is 0 Å². The average Bonchev–Trinajstić information content (AvgIpc) is 2.83. The Morgan fingerprint density at radius 3 is 2.50 bits per heavy atom. The molecule has 1 saturated heterocycles. The highest BCUT2D eigenvalue weighted by atomic mass is 79.9. The summed E-state index contributed by atoms with van der Waals surface area (Å²) in [5.41, 5.74) is 0. The van der Waals surface area contributed by atoms with Crippen LogP contribution in [-0.2, 0) is 11.3 Å². The Morgan fingerprint density at radius 2 is 2.00 bits per heavy atom. The van der Waals surface area contributed by atoms with Crippen molar-refractivity contribution in [3.8, 4) is 0 Å². The SMILES string of the molecule is CC(C)C(Br)C(=O)N1CCN(Cc2ccc(Cl)s2)CC1. The first-order valence-electron chi connectivity index (χ1n) is 6.87. The standard InChI is InChI=1S/C14H20BrClN2OS/c1-10(2)13(15)14(19)18-7-5-17(6-8-18)9-11-3-4-12(16)20-11/h3-4,10,13H,5-9H2,1-2H3. The van der Waals surface area contributed by atoms with Crippen molar-refractivity contribution in [2.75, 3.05) is 26.2 Å². The molecule has 0 spiro atoms. The van der Waals surface area contributed by atoms with Crippen LogP contribution >= 0.6 is 38.9 Å². The highest BCUT2D eigenvalue weighted by Gasteiger charge is 2.27. The summed E-state index contributed by atoms with van der Waals surface area (Å²) < 4.78 is 0.841. The summed E-state index contributed by atoms with van der Waals surface area (Å²) >= 11 is 11.1. The zero-order chi connectivity index (χ0) is 14.7. The van der Waals surface area contributed by atoms with E-state index >= 15 is 0 Å². The first kappa shape index (κ1) is 16.3. The van der Waals surface area contributed by atoms with Gasteiger partial charge in [-0.15, -0.1) is 11.3 Å². The molecule has 1 aliphatic heterocycles. The van der Waals surface area contributed by atoms with Gasteiger partial charge in [0.05, 0.1) is 9.16 Å². The van der Waals surface area contributed by atoms with E-state index in [0.717, 1.165) is 37.1 Å². The van der Waals surface area contributed by atoms with Crippen LogP contribution in [0.5, 0.6) is 0 Å². The van der Waals surface area contributed by atoms with Gasteiger partial charge in [0.2, 0.25) is 5.91 Å². The van der Waals surface area contributed by atoms with Crippen LogP contribution in [0.4, 0.5) is 0 Å². The molecule has 0 saturated carbocycles. The summed E-state index contributed by atoms with van der Waals surface area (Å²) in [7, 11) is 0. The molecular weight excluding hydrogens is 360 g/mol. The van der Waals surface area contributed by atoms with Gasteiger partial charge in [-0.1, -0.05) is 41.4 Å². The van der Waals surface area contributed by atoms with Crippen molar-refractivity contribution in [2.45, 2.75) is 25.2 Å². The van der Waals surface area contributed by atoms with E-state index in [1.165, 1.54) is 4.88 Å². The minimum absolute atomic E-state index is 0.0647. The second kappa shape index (κ2) is 7.25. The molecule has 0 bridgehead atoms. The quantitative estimate of drug-likeness (QED) is 0.748. The number of hydrogen-bond donors (Lipinski definition) is 0. The summed E-state index contributed by atoms with van der Waals surface area (Å²) in [5.74, 6) is 0.549. The average molecular weight is 380 g/mol. The molecule has 0 aliphatic carbocycles. The molecule has 2 heterocycles. The van der Waals surface area contributed by atoms with Crippen LogP contribution in [-0.4, -0.2) is 46.7 Å². The van der Waals surface area contributed by atoms with Crippen LogP contribution < -0.4 is 0 Å². The highest BCUT2D eigenvalue weighted by Crippen LogP contribution is 2.23. The smallest absolute Gasteiger partial charge is 0.236 e. The van der Waals surface area contributed by atoms with Gasteiger partial charge in [0.25, 0.3) is 0 Å². The normalized spacial score (nSPS) is 18.6. The van der Waals surface area contributed by atoms with Crippen LogP contribution in [0.3, 0.4) is 0 Å². The lowest BCUT2D eigenvalue weighted by Gasteiger charge is -2.36. The van der Waals surface area contributed by atoms with E-state index < -0.39 is 0 Å². The van der Waals surface area contributed by atoms with E-state index in [1.54, 1.807) is 11.3 Å². The molecule has 3 nitrogen and oxygen atoms in total. The molecular formula is C14H20BrClN2OS. The van der Waals surface area contributed by atoms with Gasteiger partial charge in [-0.05, 0) is 18.1 Å². The fourth-order valence-corrected chi connectivity index (χ4v) is 3.66. The van der Waals surface area contributed by atoms with Gasteiger partial charge in [-0.25, -0.2) is 0 Å². The van der Waals surface area contributed by atoms with Crippen molar-refractivity contribution in [3.63, 3.8) is 0 Å². The molecule has 0 N–H and O–H groups in total. The van der Waals surface area contributed by atoms with Gasteiger partial charge in [0.1, 0.15) is 0 Å². The Labute approximate surface area is 138 Å². The van der Waals surface area contributed by atoms with Crippen LogP contribution in [0, 0.1) is 5.92 Å². The van der Waals surface area contributed by atoms with Gasteiger partial charge < -0.3 is 4.90 Å². The zero-order valence-electron chi connectivity index (χ0n) is 11.8. The maximum Gasteiger partial charge on any atom is 0.236 e. The molecule has 1 fully saturated rings. The zero-order valence-corrected chi connectivity index (χ0v) is 15.0. The van der Waals surface area contributed by atoms with E-state index in [2.05, 4.69) is 40.7 Å². The molecule has 2 rings (SSSR count). The van der Waals surface area contributed by atoms with Crippen LogP contribution in [0.25, 0.3) is 0 Å². The lowest BCUT2D eigenvalue weighted by atomic mass is 10.1. The van der Waals surface area contributed by atoms with Crippen molar-refractivity contribution in [2.24, 2.45) is 5.92 Å². The Hall–Kier alpha value is -0.100. The summed E-state index contributed by atoms with van der Waals surface area (Å²) in [6, 6.07) is 4.03. The molecule has 20 heavy (non-hydrogen) atoms. The van der Waals surface area contributed by atoms with E-state index in [4.69, 9.17) is 11.6 Å². The monoisotopic (exact) mass is 378 g/mol. The second-order valence-electron chi connectivity index (χ2n) is 5.45. The largest absolute Gasteiger partial charge is 0.339 e. The molecule has 1 atom stereocenters. The van der Waals surface area contributed by atoms with E-state index in [1.807, 2.05) is 11.0 Å². The third kappa shape index (κ3) is 4.20. The first-order chi connectivity index (χ1) is 9.47. The Balaban J connectivity index is 1.82. The molecule has 0 radical (unpaired) electrons. The maximum absolute atomic E-state index is 12.3. The lowest BCUT2D eigenvalue weighted by molar-refractivity contribution is -0.132. The van der Waals surface area contributed by atoms with Gasteiger partial charge in [0, 0.05) is 37.6 Å². The van der Waals surface area contributed by atoms with Crippen molar-refractivity contribution >= 4 is 44.8 Å². The van der Waals surface area contributed by atoms with Gasteiger partial charge in [0.15, 0.2) is 0 Å². The van der Waals surface area contributed by atoms with Gasteiger partial charge in [-0.2, -0.15) is 0 Å². The molecule has 1 aromatic heterocycles. The lowest BCUT2D eigenvalue weighted by Crippen LogP contribution is -2.50. The number of piperazine rings is 1. The number of amides is 1. The molecule has 1 aliphatic rings. The molecule has 1 unspecified atom stereocenters. The van der Waals surface area contributed by atoms with Crippen molar-refractivity contribution in [1.82, 2.24) is 9.80 Å². The molecule has 6 heteroatoms. The van der Waals surface area contributed by atoms with Gasteiger partial charge in [-0.3, -0.25) is 9.69 Å². The topological polar surface area (TPSA) is 23.6 Å². The number of carbonyl (C=O) groups excluding carboxylic acids is 1. The summed E-state index contributed by atoms with van der Waals surface area (Å²) in [5, 5.41) is 0. The fraction of sp³-hybridized carbons (Fsp3) is 0.643. The highest BCUT2D eigenvalue weighted by molar-refractivity contribution is 9.10. The van der Waals surface area contributed by atoms with Crippen molar-refractivity contribution < 1.29 is 4.79 Å². The number of hydrogen-bond acceptors (Lipinski definition) is 3. The maximum atomic E-state index is 12.3. The number of thiophene rings is 1. The number of nitrogens with zero attached hydrogens (tertiary/aromatic N) is 2. The Kier molecular flexibility index (Phi) is 5.90. The fourth-order valence-electron chi connectivity index (χ4n) is 2.24. The molecule has 0 aromatic carbocycles. The number of halogens is 2. The second-order valence-corrected chi connectivity index (χ2v) is 8.24. The summed E-state index contributed by atoms with van der Waals surface area (Å²) in [6.07, 6.45) is 0. The summed E-state index contributed by atoms with van der Waals surface area (Å²) in [4.78, 5) is 17.8. The number of carbonyl (C=O) groups is 1. The summed E-state index contributed by atoms with van der Waals surface area (Å²) in [6.45, 7) is 8.54. The van der Waals surface area contributed by atoms with Gasteiger partial charge >= 0.3 is 0 Å². The van der Waals surface area contributed by atoms with E-state index in [9.17, 15) is 4.79 Å². The number of alkyl halides is 1. The first-order valence-corrected chi connectivity index (χ1v) is 8.98. The third-order valence-corrected chi connectivity index (χ3v) is 6.18. The van der Waals surface area contributed by atoms with Crippen LogP contribution in [0.15, 0.2) is 12.1 Å². The minimum Gasteiger partial charge on any atom is -0.339 e. The minimum atomic E-state index is -0.0647. The Morgan fingerprint density at radius 1 is 1.35 bits per heavy atom. The number of rotatable bonds is 4. The Bertz CT molecular complexity index is 458. The van der Waals surface area contributed by atoms with Crippen LogP contribution in [0.2, 0.25) is 4.34 Å².